The van der Waals surface area contributed by atoms with E-state index in [2.05, 4.69) is 0 Å². The van der Waals surface area contributed by atoms with Crippen molar-refractivity contribution >= 4 is 11.9 Å². The molecule has 1 saturated carbocycles. The number of amides is 1. The van der Waals surface area contributed by atoms with Crippen molar-refractivity contribution in [2.45, 2.75) is 76.0 Å². The molecular formula is C16H25NO4. The summed E-state index contributed by atoms with van der Waals surface area (Å²) in [5, 5.41) is 9.44. The standard InChI is InChI=1S/C16H25NO4/c18-15(8-7-12-5-3-9-21-12)17-13-6-2-1-4-11(13)10-14(17)16(19)20/h11-14H,1-10H2,(H,19,20)/t11-,12-,13+,14-/m0/s1. The number of hydrogen-bond donors (Lipinski definition) is 1. The molecule has 3 aliphatic rings. The maximum Gasteiger partial charge on any atom is 0.326 e. The topological polar surface area (TPSA) is 66.8 Å². The van der Waals surface area contributed by atoms with Crippen molar-refractivity contribution in [1.82, 2.24) is 4.90 Å². The molecular weight excluding hydrogens is 270 g/mol. The van der Waals surface area contributed by atoms with Gasteiger partial charge in [-0.3, -0.25) is 4.79 Å². The zero-order chi connectivity index (χ0) is 14.8. The second-order valence-corrected chi connectivity index (χ2v) is 6.68. The van der Waals surface area contributed by atoms with E-state index in [-0.39, 0.29) is 18.1 Å². The summed E-state index contributed by atoms with van der Waals surface area (Å²) in [6.07, 6.45) is 8.44. The second-order valence-electron chi connectivity index (χ2n) is 6.68. The van der Waals surface area contributed by atoms with E-state index in [1.54, 1.807) is 4.90 Å². The third-order valence-corrected chi connectivity index (χ3v) is 5.37. The van der Waals surface area contributed by atoms with Crippen LogP contribution in [0.3, 0.4) is 0 Å². The number of carbonyl (C=O) groups is 2. The molecule has 5 heteroatoms. The number of likely N-dealkylation sites (tertiary alicyclic amines) is 1. The van der Waals surface area contributed by atoms with Gasteiger partial charge in [-0.25, -0.2) is 4.79 Å². The van der Waals surface area contributed by atoms with Crippen LogP contribution in [0.2, 0.25) is 0 Å². The van der Waals surface area contributed by atoms with Crippen LogP contribution in [-0.4, -0.2) is 46.7 Å². The number of carbonyl (C=O) groups excluding carboxylic acids is 1. The fourth-order valence-electron chi connectivity index (χ4n) is 4.32. The molecule has 2 aliphatic heterocycles. The number of hydrogen-bond acceptors (Lipinski definition) is 3. The summed E-state index contributed by atoms with van der Waals surface area (Å²) in [7, 11) is 0. The number of nitrogens with zero attached hydrogens (tertiary/aromatic N) is 1. The Morgan fingerprint density at radius 3 is 2.67 bits per heavy atom. The van der Waals surface area contributed by atoms with E-state index in [4.69, 9.17) is 4.74 Å². The first-order chi connectivity index (χ1) is 10.2. The number of carboxylic acids is 1. The number of ether oxygens (including phenoxy) is 1. The highest BCUT2D eigenvalue weighted by Crippen LogP contribution is 2.40. The Balaban J connectivity index is 1.64. The number of aliphatic carboxylic acids is 1. The minimum atomic E-state index is -0.838. The Morgan fingerprint density at radius 2 is 1.95 bits per heavy atom. The molecule has 0 aromatic heterocycles. The molecule has 5 nitrogen and oxygen atoms in total. The first-order valence-corrected chi connectivity index (χ1v) is 8.32. The van der Waals surface area contributed by atoms with Gasteiger partial charge in [-0.2, -0.15) is 0 Å². The molecule has 3 rings (SSSR count). The van der Waals surface area contributed by atoms with Crippen molar-refractivity contribution in [2.24, 2.45) is 5.92 Å². The number of fused-ring (bicyclic) bond motifs is 1. The third kappa shape index (κ3) is 3.07. The Hall–Kier alpha value is -1.10. The van der Waals surface area contributed by atoms with Crippen molar-refractivity contribution in [2.75, 3.05) is 6.61 Å². The van der Waals surface area contributed by atoms with E-state index in [0.717, 1.165) is 45.1 Å². The van der Waals surface area contributed by atoms with Gasteiger partial charge in [0.25, 0.3) is 0 Å². The lowest BCUT2D eigenvalue weighted by atomic mass is 9.84. The molecule has 0 unspecified atom stereocenters. The molecule has 4 atom stereocenters. The minimum absolute atomic E-state index is 0.0206. The van der Waals surface area contributed by atoms with Gasteiger partial charge in [0, 0.05) is 19.1 Å². The fraction of sp³-hybridized carbons (Fsp3) is 0.875. The molecule has 0 aromatic carbocycles. The molecule has 0 bridgehead atoms. The molecule has 0 aromatic rings. The van der Waals surface area contributed by atoms with Gasteiger partial charge in [0.05, 0.1) is 6.10 Å². The van der Waals surface area contributed by atoms with Gasteiger partial charge in [0.15, 0.2) is 0 Å². The Labute approximate surface area is 125 Å². The molecule has 0 radical (unpaired) electrons. The lowest BCUT2D eigenvalue weighted by Crippen LogP contribution is -2.46. The minimum Gasteiger partial charge on any atom is -0.480 e. The zero-order valence-electron chi connectivity index (χ0n) is 12.5. The molecule has 1 amide bonds. The second kappa shape index (κ2) is 6.34. The van der Waals surface area contributed by atoms with Crippen LogP contribution in [0.4, 0.5) is 0 Å². The van der Waals surface area contributed by atoms with E-state index in [9.17, 15) is 14.7 Å². The summed E-state index contributed by atoms with van der Waals surface area (Å²) in [6.45, 7) is 0.797. The van der Waals surface area contributed by atoms with Crippen LogP contribution in [0.5, 0.6) is 0 Å². The average Bonchev–Trinajstić information content (AvgIpc) is 3.11. The van der Waals surface area contributed by atoms with E-state index >= 15 is 0 Å². The average molecular weight is 295 g/mol. The van der Waals surface area contributed by atoms with Crippen LogP contribution in [-0.2, 0) is 14.3 Å². The third-order valence-electron chi connectivity index (χ3n) is 5.37. The maximum absolute atomic E-state index is 12.6. The van der Waals surface area contributed by atoms with Crippen LogP contribution in [0, 0.1) is 5.92 Å². The predicted octanol–water partition coefficient (Wildman–Crippen LogP) is 2.19. The highest BCUT2D eigenvalue weighted by Gasteiger charge is 2.47. The van der Waals surface area contributed by atoms with E-state index < -0.39 is 12.0 Å². The number of rotatable bonds is 4. The van der Waals surface area contributed by atoms with Crippen LogP contribution < -0.4 is 0 Å². The molecule has 21 heavy (non-hydrogen) atoms. The Morgan fingerprint density at radius 1 is 1.14 bits per heavy atom. The van der Waals surface area contributed by atoms with Gasteiger partial charge < -0.3 is 14.7 Å². The zero-order valence-corrected chi connectivity index (χ0v) is 12.5. The first-order valence-electron chi connectivity index (χ1n) is 8.32. The normalized spacial score (nSPS) is 35.7. The lowest BCUT2D eigenvalue weighted by Gasteiger charge is -2.33. The molecule has 2 heterocycles. The quantitative estimate of drug-likeness (QED) is 0.863. The van der Waals surface area contributed by atoms with Crippen molar-refractivity contribution in [3.63, 3.8) is 0 Å². The maximum atomic E-state index is 12.6. The summed E-state index contributed by atoms with van der Waals surface area (Å²) in [5.41, 5.74) is 0. The fourth-order valence-corrected chi connectivity index (χ4v) is 4.32. The summed E-state index contributed by atoms with van der Waals surface area (Å²) in [4.78, 5) is 25.8. The van der Waals surface area contributed by atoms with Crippen LogP contribution in [0.15, 0.2) is 0 Å². The largest absolute Gasteiger partial charge is 0.480 e. The monoisotopic (exact) mass is 295 g/mol. The summed E-state index contributed by atoms with van der Waals surface area (Å²) < 4.78 is 5.56. The molecule has 0 spiro atoms. The number of carboxylic acid groups (broad SMARTS) is 1. The van der Waals surface area contributed by atoms with Gasteiger partial charge >= 0.3 is 5.97 Å². The first kappa shape index (κ1) is 14.8. The van der Waals surface area contributed by atoms with Crippen molar-refractivity contribution in [3.05, 3.63) is 0 Å². The van der Waals surface area contributed by atoms with Gasteiger partial charge in [0.2, 0.25) is 5.91 Å². The van der Waals surface area contributed by atoms with Gasteiger partial charge in [-0.1, -0.05) is 12.8 Å². The summed E-state index contributed by atoms with van der Waals surface area (Å²) in [5.74, 6) is -0.423. The molecule has 2 saturated heterocycles. The predicted molar refractivity (Wildman–Crippen MR) is 76.8 cm³/mol. The highest BCUT2D eigenvalue weighted by atomic mass is 16.5. The van der Waals surface area contributed by atoms with Gasteiger partial charge in [0.1, 0.15) is 6.04 Å². The van der Waals surface area contributed by atoms with Crippen molar-refractivity contribution in [1.29, 1.82) is 0 Å². The molecule has 3 fully saturated rings. The molecule has 1 N–H and O–H groups in total. The smallest absolute Gasteiger partial charge is 0.326 e. The van der Waals surface area contributed by atoms with Crippen LogP contribution in [0.1, 0.15) is 57.8 Å². The summed E-state index contributed by atoms with van der Waals surface area (Å²) >= 11 is 0. The van der Waals surface area contributed by atoms with Gasteiger partial charge in [-0.05, 0) is 44.4 Å². The van der Waals surface area contributed by atoms with Crippen LogP contribution in [0.25, 0.3) is 0 Å². The van der Waals surface area contributed by atoms with Crippen molar-refractivity contribution < 1.29 is 19.4 Å². The van der Waals surface area contributed by atoms with E-state index in [1.165, 1.54) is 6.42 Å². The van der Waals surface area contributed by atoms with E-state index in [1.807, 2.05) is 0 Å². The Bertz CT molecular complexity index is 405. The Kier molecular flexibility index (Phi) is 4.48. The summed E-state index contributed by atoms with van der Waals surface area (Å²) in [6, 6.07) is -0.438. The van der Waals surface area contributed by atoms with Crippen LogP contribution >= 0.6 is 0 Å². The molecule has 118 valence electrons. The highest BCUT2D eigenvalue weighted by molar-refractivity contribution is 5.84. The van der Waals surface area contributed by atoms with Gasteiger partial charge in [-0.15, -0.1) is 0 Å². The van der Waals surface area contributed by atoms with Crippen molar-refractivity contribution in [3.8, 4) is 0 Å². The SMILES string of the molecule is O=C(O)[C@@H]1C[C@@H]2CCCC[C@H]2N1C(=O)CC[C@@H]1CCCO1. The molecule has 1 aliphatic carbocycles. The lowest BCUT2D eigenvalue weighted by molar-refractivity contribution is -0.150. The van der Waals surface area contributed by atoms with E-state index in [0.29, 0.717) is 18.8 Å².